The molecule has 21 heavy (non-hydrogen) atoms. The van der Waals surface area contributed by atoms with Crippen molar-refractivity contribution >= 4 is 27.7 Å². The van der Waals surface area contributed by atoms with Crippen LogP contribution in [0.1, 0.15) is 39.6 Å². The van der Waals surface area contributed by atoms with Gasteiger partial charge in [0.05, 0.1) is 10.5 Å². The number of nitrogens with zero attached hydrogens (tertiary/aromatic N) is 2. The normalized spacial score (nSPS) is 17.2. The molecule has 3 rings (SSSR count). The smallest absolute Gasteiger partial charge is 0.270 e. The largest absolute Gasteiger partial charge is 0.369 e. The van der Waals surface area contributed by atoms with Crippen LogP contribution in [-0.2, 0) is 0 Å². The van der Waals surface area contributed by atoms with E-state index in [1.54, 1.807) is 0 Å². The first-order valence-electron chi connectivity index (χ1n) is 6.87. The van der Waals surface area contributed by atoms with Crippen molar-refractivity contribution in [2.75, 3.05) is 11.9 Å². The lowest BCUT2D eigenvalue weighted by atomic mass is 9.98. The lowest BCUT2D eigenvalue weighted by Gasteiger charge is -2.26. The maximum Gasteiger partial charge on any atom is 0.270 e. The number of nitrogens with one attached hydrogen (secondary N) is 1. The van der Waals surface area contributed by atoms with E-state index in [4.69, 9.17) is 5.73 Å². The number of aromatic nitrogens is 2. The molecular formula is C15H17BrN4O. The summed E-state index contributed by atoms with van der Waals surface area (Å²) in [6, 6.07) is 6.61. The summed E-state index contributed by atoms with van der Waals surface area (Å²) in [5, 5.41) is 7.68. The van der Waals surface area contributed by atoms with Crippen molar-refractivity contribution in [1.29, 1.82) is 0 Å². The van der Waals surface area contributed by atoms with Crippen LogP contribution >= 0.6 is 15.9 Å². The molecule has 5 nitrogen and oxygen atoms in total. The Balaban J connectivity index is 2.12. The van der Waals surface area contributed by atoms with E-state index in [1.165, 1.54) is 16.7 Å². The lowest BCUT2D eigenvalue weighted by molar-refractivity contribution is 0.0994. The number of aryl methyl sites for hydroxylation is 2. The quantitative estimate of drug-likeness (QED) is 0.876. The molecule has 110 valence electrons. The average Bonchev–Trinajstić information content (AvgIpc) is 2.75. The molecule has 0 saturated carbocycles. The zero-order valence-corrected chi connectivity index (χ0v) is 13.6. The van der Waals surface area contributed by atoms with E-state index in [0.717, 1.165) is 18.8 Å². The number of amides is 1. The molecule has 6 heteroatoms. The molecule has 1 aliphatic heterocycles. The third-order valence-electron chi connectivity index (χ3n) is 3.72. The Morgan fingerprint density at radius 1 is 1.38 bits per heavy atom. The van der Waals surface area contributed by atoms with Gasteiger partial charge in [0.1, 0.15) is 5.82 Å². The first-order chi connectivity index (χ1) is 9.97. The molecule has 1 atom stereocenters. The minimum atomic E-state index is -0.523. The number of fused-ring (bicyclic) bond motifs is 1. The van der Waals surface area contributed by atoms with Crippen molar-refractivity contribution in [3.8, 4) is 0 Å². The first kappa shape index (κ1) is 14.1. The molecule has 0 fully saturated rings. The summed E-state index contributed by atoms with van der Waals surface area (Å²) >= 11 is 3.42. The van der Waals surface area contributed by atoms with Gasteiger partial charge in [0.25, 0.3) is 5.91 Å². The zero-order chi connectivity index (χ0) is 15.1. The Hall–Kier alpha value is -1.82. The second-order valence-corrected chi connectivity index (χ2v) is 6.27. The van der Waals surface area contributed by atoms with E-state index in [0.29, 0.717) is 4.47 Å². The molecular weight excluding hydrogens is 332 g/mol. The van der Waals surface area contributed by atoms with Gasteiger partial charge in [-0.25, -0.2) is 4.68 Å². The van der Waals surface area contributed by atoms with Crippen LogP contribution in [0.3, 0.4) is 0 Å². The summed E-state index contributed by atoms with van der Waals surface area (Å²) < 4.78 is 2.51. The minimum Gasteiger partial charge on any atom is -0.369 e. The van der Waals surface area contributed by atoms with Crippen molar-refractivity contribution < 1.29 is 4.79 Å². The number of hydrogen-bond donors (Lipinski definition) is 2. The Morgan fingerprint density at radius 2 is 2.05 bits per heavy atom. The van der Waals surface area contributed by atoms with Gasteiger partial charge in [-0.3, -0.25) is 4.79 Å². The molecule has 1 aromatic carbocycles. The number of nitrogens with two attached hydrogens (primary N) is 1. The van der Waals surface area contributed by atoms with E-state index in [1.807, 2.05) is 4.68 Å². The number of primary amides is 1. The molecule has 3 N–H and O–H groups in total. The van der Waals surface area contributed by atoms with E-state index in [-0.39, 0.29) is 11.7 Å². The van der Waals surface area contributed by atoms with Crippen molar-refractivity contribution in [2.24, 2.45) is 5.73 Å². The number of anilines is 1. The number of halogens is 1. The highest BCUT2D eigenvalue weighted by Crippen LogP contribution is 2.36. The third kappa shape index (κ3) is 2.44. The Labute approximate surface area is 131 Å². The summed E-state index contributed by atoms with van der Waals surface area (Å²) in [6.07, 6.45) is 0.919. The van der Waals surface area contributed by atoms with E-state index in [2.05, 4.69) is 58.4 Å². The molecule has 1 aliphatic rings. The van der Waals surface area contributed by atoms with Crippen LogP contribution in [-0.4, -0.2) is 22.2 Å². The maximum absolute atomic E-state index is 11.5. The average molecular weight is 349 g/mol. The van der Waals surface area contributed by atoms with E-state index < -0.39 is 5.91 Å². The van der Waals surface area contributed by atoms with Gasteiger partial charge in [-0.05, 0) is 41.8 Å². The van der Waals surface area contributed by atoms with E-state index in [9.17, 15) is 4.79 Å². The van der Waals surface area contributed by atoms with Gasteiger partial charge in [-0.15, -0.1) is 0 Å². The SMILES string of the molecule is Cc1cc(C)cc(C2CCNc3c(Br)c(C(N)=O)nn32)c1. The molecule has 0 saturated heterocycles. The highest BCUT2D eigenvalue weighted by molar-refractivity contribution is 9.10. The second kappa shape index (κ2) is 5.18. The van der Waals surface area contributed by atoms with Gasteiger partial charge in [-0.1, -0.05) is 29.3 Å². The number of hydrogen-bond acceptors (Lipinski definition) is 3. The van der Waals surface area contributed by atoms with Crippen LogP contribution in [0.2, 0.25) is 0 Å². The van der Waals surface area contributed by atoms with Gasteiger partial charge >= 0.3 is 0 Å². The van der Waals surface area contributed by atoms with Gasteiger partial charge in [0.2, 0.25) is 0 Å². The molecule has 0 radical (unpaired) electrons. The molecule has 0 spiro atoms. The molecule has 2 heterocycles. The van der Waals surface area contributed by atoms with Crippen molar-refractivity contribution in [3.63, 3.8) is 0 Å². The van der Waals surface area contributed by atoms with Crippen LogP contribution in [0.25, 0.3) is 0 Å². The second-order valence-electron chi connectivity index (χ2n) is 5.47. The molecule has 1 amide bonds. The molecule has 1 aromatic heterocycles. The Morgan fingerprint density at radius 3 is 2.67 bits per heavy atom. The van der Waals surface area contributed by atoms with Gasteiger partial charge in [0, 0.05) is 6.54 Å². The number of benzene rings is 1. The Kier molecular flexibility index (Phi) is 3.49. The van der Waals surface area contributed by atoms with Crippen molar-refractivity contribution in [3.05, 3.63) is 45.1 Å². The predicted molar refractivity (Wildman–Crippen MR) is 85.6 cm³/mol. The van der Waals surface area contributed by atoms with Crippen LogP contribution in [0, 0.1) is 13.8 Å². The number of carbonyl (C=O) groups excluding carboxylic acids is 1. The highest BCUT2D eigenvalue weighted by atomic mass is 79.9. The van der Waals surface area contributed by atoms with Crippen LogP contribution < -0.4 is 11.1 Å². The topological polar surface area (TPSA) is 72.9 Å². The standard InChI is InChI=1S/C15H17BrN4O/c1-8-5-9(2)7-10(6-8)11-3-4-18-15-12(16)13(14(17)21)19-20(11)15/h5-7,11,18H,3-4H2,1-2H3,(H2,17,21). The number of carbonyl (C=O) groups is 1. The van der Waals surface area contributed by atoms with E-state index >= 15 is 0 Å². The zero-order valence-electron chi connectivity index (χ0n) is 12.0. The fraction of sp³-hybridized carbons (Fsp3) is 0.333. The monoisotopic (exact) mass is 348 g/mol. The fourth-order valence-corrected chi connectivity index (χ4v) is 3.51. The van der Waals surface area contributed by atoms with Gasteiger partial charge < -0.3 is 11.1 Å². The lowest BCUT2D eigenvalue weighted by Crippen LogP contribution is -2.24. The number of rotatable bonds is 2. The van der Waals surface area contributed by atoms with Crippen molar-refractivity contribution in [1.82, 2.24) is 9.78 Å². The summed E-state index contributed by atoms with van der Waals surface area (Å²) in [4.78, 5) is 11.5. The predicted octanol–water partition coefficient (Wildman–Crippen LogP) is 2.77. The molecule has 1 unspecified atom stereocenters. The molecule has 0 aliphatic carbocycles. The summed E-state index contributed by atoms with van der Waals surface area (Å²) in [5.74, 6) is 0.295. The van der Waals surface area contributed by atoms with Crippen LogP contribution in [0.5, 0.6) is 0 Å². The molecule has 2 aromatic rings. The molecule has 0 bridgehead atoms. The van der Waals surface area contributed by atoms with Crippen molar-refractivity contribution in [2.45, 2.75) is 26.3 Å². The van der Waals surface area contributed by atoms with Gasteiger partial charge in [0.15, 0.2) is 5.69 Å². The summed E-state index contributed by atoms with van der Waals surface area (Å²) in [6.45, 7) is 5.01. The summed E-state index contributed by atoms with van der Waals surface area (Å²) in [5.41, 5.74) is 9.32. The first-order valence-corrected chi connectivity index (χ1v) is 7.66. The third-order valence-corrected chi connectivity index (χ3v) is 4.47. The maximum atomic E-state index is 11.5. The minimum absolute atomic E-state index is 0.115. The fourth-order valence-electron chi connectivity index (χ4n) is 2.92. The Bertz CT molecular complexity index is 702. The van der Waals surface area contributed by atoms with Gasteiger partial charge in [-0.2, -0.15) is 5.10 Å². The van der Waals surface area contributed by atoms with Crippen LogP contribution in [0.15, 0.2) is 22.7 Å². The van der Waals surface area contributed by atoms with Crippen LogP contribution in [0.4, 0.5) is 5.82 Å². The summed E-state index contributed by atoms with van der Waals surface area (Å²) in [7, 11) is 0. The highest BCUT2D eigenvalue weighted by Gasteiger charge is 2.28.